The first kappa shape index (κ1) is 23.1. The molecule has 1 unspecified atom stereocenters. The van der Waals surface area contributed by atoms with Crippen molar-refractivity contribution in [2.45, 2.75) is 32.5 Å². The van der Waals surface area contributed by atoms with Gasteiger partial charge in [0, 0.05) is 12.3 Å². The van der Waals surface area contributed by atoms with Gasteiger partial charge in [-0.2, -0.15) is 13.2 Å². The third-order valence-corrected chi connectivity index (χ3v) is 3.50. The number of hydrogen-bond donors (Lipinski definition) is 1. The van der Waals surface area contributed by atoms with E-state index in [1.807, 2.05) is 0 Å². The van der Waals surface area contributed by atoms with Gasteiger partial charge < -0.3 is 10.1 Å². The lowest BCUT2D eigenvalue weighted by Crippen LogP contribution is -2.25. The van der Waals surface area contributed by atoms with Gasteiger partial charge in [-0.15, -0.1) is 12.4 Å². The molecule has 0 aromatic carbocycles. The molecule has 0 amide bonds. The first-order valence-electron chi connectivity index (χ1n) is 7.32. The van der Waals surface area contributed by atoms with Crippen LogP contribution in [0.5, 0.6) is 5.88 Å². The number of hydrogen-bond acceptors (Lipinski definition) is 5. The zero-order valence-corrected chi connectivity index (χ0v) is 15.6. The fraction of sp³-hybridized carbons (Fsp3) is 0.400. The Morgan fingerprint density at radius 1 is 1.22 bits per heavy atom. The van der Waals surface area contributed by atoms with Crippen molar-refractivity contribution >= 4 is 29.8 Å². The standard InChI is InChI=1S/C15H14ClF5N4O.ClH/c1-7(6-26-10-4-3-9(5-22-10)15(19,20)21)23-14-11(16)12(13(17)18)24-8(2)25-14;/h3-5,7,13H,6H2,1-2H3,(H,23,24,25);1H. The van der Waals surface area contributed by atoms with Gasteiger partial charge in [0.15, 0.2) is 0 Å². The Morgan fingerprint density at radius 2 is 1.89 bits per heavy atom. The van der Waals surface area contributed by atoms with Crippen LogP contribution in [-0.2, 0) is 6.18 Å². The second kappa shape index (κ2) is 9.32. The predicted octanol–water partition coefficient (Wildman–Crippen LogP) is 5.09. The van der Waals surface area contributed by atoms with Gasteiger partial charge in [-0.25, -0.2) is 23.7 Å². The van der Waals surface area contributed by atoms with Gasteiger partial charge in [-0.3, -0.25) is 0 Å². The van der Waals surface area contributed by atoms with Crippen LogP contribution in [0.25, 0.3) is 0 Å². The zero-order chi connectivity index (χ0) is 19.5. The fourth-order valence-electron chi connectivity index (χ4n) is 1.94. The summed E-state index contributed by atoms with van der Waals surface area (Å²) in [6, 6.07) is 1.49. The van der Waals surface area contributed by atoms with E-state index < -0.39 is 29.9 Å². The lowest BCUT2D eigenvalue weighted by atomic mass is 10.3. The molecule has 0 bridgehead atoms. The molecule has 27 heavy (non-hydrogen) atoms. The predicted molar refractivity (Wildman–Crippen MR) is 91.8 cm³/mol. The van der Waals surface area contributed by atoms with E-state index in [2.05, 4.69) is 20.3 Å². The van der Waals surface area contributed by atoms with Crippen molar-refractivity contribution in [3.63, 3.8) is 0 Å². The number of nitrogens with zero attached hydrogens (tertiary/aromatic N) is 3. The van der Waals surface area contributed by atoms with Crippen LogP contribution in [0.15, 0.2) is 18.3 Å². The maximum atomic E-state index is 12.9. The Morgan fingerprint density at radius 3 is 2.41 bits per heavy atom. The number of alkyl halides is 5. The molecule has 2 aromatic rings. The average molecular weight is 433 g/mol. The highest BCUT2D eigenvalue weighted by molar-refractivity contribution is 6.33. The van der Waals surface area contributed by atoms with Gasteiger partial charge in [0.05, 0.1) is 11.6 Å². The molecule has 0 aliphatic heterocycles. The normalized spacial score (nSPS) is 12.5. The second-order valence-corrected chi connectivity index (χ2v) is 5.74. The molecular weight excluding hydrogens is 418 g/mol. The third-order valence-electron chi connectivity index (χ3n) is 3.12. The lowest BCUT2D eigenvalue weighted by molar-refractivity contribution is -0.137. The summed E-state index contributed by atoms with van der Waals surface area (Å²) in [7, 11) is 0. The van der Waals surface area contributed by atoms with Crippen molar-refractivity contribution in [3.05, 3.63) is 40.4 Å². The largest absolute Gasteiger partial charge is 0.475 e. The van der Waals surface area contributed by atoms with E-state index in [1.165, 1.54) is 6.92 Å². The van der Waals surface area contributed by atoms with E-state index in [0.29, 0.717) is 6.20 Å². The van der Waals surface area contributed by atoms with Crippen molar-refractivity contribution in [2.24, 2.45) is 0 Å². The summed E-state index contributed by atoms with van der Waals surface area (Å²) >= 11 is 5.87. The van der Waals surface area contributed by atoms with Crippen molar-refractivity contribution in [1.29, 1.82) is 0 Å². The number of halogens is 7. The molecule has 0 fully saturated rings. The van der Waals surface area contributed by atoms with Crippen LogP contribution < -0.4 is 10.1 Å². The molecule has 0 aliphatic rings. The molecule has 0 saturated carbocycles. The molecule has 0 radical (unpaired) electrons. The second-order valence-electron chi connectivity index (χ2n) is 5.36. The first-order valence-corrected chi connectivity index (χ1v) is 7.70. The van der Waals surface area contributed by atoms with E-state index >= 15 is 0 Å². The van der Waals surface area contributed by atoms with Crippen LogP contribution in [0, 0.1) is 6.92 Å². The van der Waals surface area contributed by atoms with Crippen molar-refractivity contribution < 1.29 is 26.7 Å². The quantitative estimate of drug-likeness (QED) is 0.644. The molecule has 2 rings (SSSR count). The van der Waals surface area contributed by atoms with Crippen LogP contribution in [0.3, 0.4) is 0 Å². The van der Waals surface area contributed by atoms with Gasteiger partial charge in [-0.05, 0) is 19.9 Å². The number of anilines is 1. The van der Waals surface area contributed by atoms with Crippen LogP contribution in [0.1, 0.15) is 30.4 Å². The molecule has 2 heterocycles. The summed E-state index contributed by atoms with van der Waals surface area (Å²) in [6.45, 7) is 3.09. The molecular formula is C15H15Cl2F5N4O. The minimum atomic E-state index is -4.48. The van der Waals surface area contributed by atoms with Crippen LogP contribution in [0.4, 0.5) is 27.8 Å². The average Bonchev–Trinajstić information content (AvgIpc) is 2.55. The van der Waals surface area contributed by atoms with Crippen LogP contribution >= 0.6 is 24.0 Å². The van der Waals surface area contributed by atoms with Gasteiger partial charge in [0.2, 0.25) is 5.88 Å². The number of nitrogens with one attached hydrogen (secondary N) is 1. The Kier molecular flexibility index (Phi) is 7.97. The SMILES string of the molecule is Cc1nc(NC(C)COc2ccc(C(F)(F)F)cn2)c(Cl)c(C(F)F)n1.Cl. The number of rotatable bonds is 6. The number of pyridine rings is 1. The highest BCUT2D eigenvalue weighted by Gasteiger charge is 2.30. The lowest BCUT2D eigenvalue weighted by Gasteiger charge is -2.17. The summed E-state index contributed by atoms with van der Waals surface area (Å²) in [5.74, 6) is 0.126. The van der Waals surface area contributed by atoms with Gasteiger partial charge in [-0.1, -0.05) is 11.6 Å². The third kappa shape index (κ3) is 6.31. The summed E-state index contributed by atoms with van der Waals surface area (Å²) < 4.78 is 68.5. The highest BCUT2D eigenvalue weighted by atomic mass is 35.5. The van der Waals surface area contributed by atoms with Crippen LogP contribution in [0.2, 0.25) is 5.02 Å². The van der Waals surface area contributed by atoms with E-state index in [1.54, 1.807) is 6.92 Å². The number of ether oxygens (including phenoxy) is 1. The van der Waals surface area contributed by atoms with Gasteiger partial charge in [0.1, 0.15) is 29.0 Å². The maximum absolute atomic E-state index is 12.9. The maximum Gasteiger partial charge on any atom is 0.417 e. The topological polar surface area (TPSA) is 59.9 Å². The molecule has 5 nitrogen and oxygen atoms in total. The highest BCUT2D eigenvalue weighted by Crippen LogP contribution is 2.31. The van der Waals surface area contributed by atoms with E-state index in [-0.39, 0.29) is 41.6 Å². The Hall–Kier alpha value is -1.94. The van der Waals surface area contributed by atoms with Gasteiger partial charge in [0.25, 0.3) is 6.43 Å². The van der Waals surface area contributed by atoms with Gasteiger partial charge >= 0.3 is 6.18 Å². The summed E-state index contributed by atoms with van der Waals surface area (Å²) in [5, 5.41) is 2.50. The van der Waals surface area contributed by atoms with Crippen molar-refractivity contribution in [3.8, 4) is 5.88 Å². The minimum Gasteiger partial charge on any atom is -0.475 e. The van der Waals surface area contributed by atoms with Crippen molar-refractivity contribution in [1.82, 2.24) is 15.0 Å². The zero-order valence-electron chi connectivity index (χ0n) is 14.0. The molecule has 0 saturated heterocycles. The summed E-state index contributed by atoms with van der Waals surface area (Å²) in [4.78, 5) is 11.1. The Balaban J connectivity index is 0.00000364. The molecule has 1 N–H and O–H groups in total. The van der Waals surface area contributed by atoms with E-state index in [0.717, 1.165) is 12.1 Å². The Bertz CT molecular complexity index is 759. The first-order chi connectivity index (χ1) is 12.1. The van der Waals surface area contributed by atoms with E-state index in [9.17, 15) is 22.0 Å². The smallest absolute Gasteiger partial charge is 0.417 e. The monoisotopic (exact) mass is 432 g/mol. The molecule has 0 aliphatic carbocycles. The molecule has 2 aromatic heterocycles. The number of aryl methyl sites for hydroxylation is 1. The Labute approximate surface area is 162 Å². The molecule has 12 heteroatoms. The van der Waals surface area contributed by atoms with Crippen LogP contribution in [-0.4, -0.2) is 27.6 Å². The number of aromatic nitrogens is 3. The van der Waals surface area contributed by atoms with E-state index in [4.69, 9.17) is 16.3 Å². The molecule has 1 atom stereocenters. The molecule has 150 valence electrons. The van der Waals surface area contributed by atoms with Crippen molar-refractivity contribution in [2.75, 3.05) is 11.9 Å². The summed E-state index contributed by atoms with van der Waals surface area (Å²) in [6.07, 6.45) is -6.68. The minimum absolute atomic E-state index is 0. The summed E-state index contributed by atoms with van der Waals surface area (Å²) in [5.41, 5.74) is -1.47. The fourth-order valence-corrected chi connectivity index (χ4v) is 2.16. The molecule has 0 spiro atoms.